The van der Waals surface area contributed by atoms with Crippen LogP contribution in [0.25, 0.3) is 0 Å². The zero-order valence-corrected chi connectivity index (χ0v) is 13.2. The van der Waals surface area contributed by atoms with Gasteiger partial charge >= 0.3 is 6.03 Å². The second-order valence-corrected chi connectivity index (χ2v) is 6.03. The molecular weight excluding hydrogens is 296 g/mol. The van der Waals surface area contributed by atoms with E-state index in [9.17, 15) is 9.59 Å². The first-order valence-electron chi connectivity index (χ1n) is 8.02. The molecule has 0 bridgehead atoms. The zero-order chi connectivity index (χ0) is 16.2. The summed E-state index contributed by atoms with van der Waals surface area (Å²) in [6, 6.07) is 3.28. The van der Waals surface area contributed by atoms with Crippen LogP contribution in [0.1, 0.15) is 25.7 Å². The number of anilines is 1. The molecule has 2 N–H and O–H groups in total. The van der Waals surface area contributed by atoms with Crippen LogP contribution in [0.2, 0.25) is 0 Å². The van der Waals surface area contributed by atoms with Crippen LogP contribution in [-0.4, -0.2) is 48.1 Å². The molecule has 0 aromatic carbocycles. The highest BCUT2D eigenvalue weighted by atomic mass is 16.5. The van der Waals surface area contributed by atoms with Crippen molar-refractivity contribution in [2.45, 2.75) is 31.7 Å². The molecule has 1 aliphatic carbocycles. The van der Waals surface area contributed by atoms with Gasteiger partial charge in [-0.1, -0.05) is 0 Å². The number of hydrogen-bond donors (Lipinski definition) is 2. The SMILES string of the molecule is COc1ncccc1NC(=O)NC1CCN(C(=O)C2CC2)CC1. The minimum absolute atomic E-state index is 0.0842. The predicted molar refractivity (Wildman–Crippen MR) is 85.3 cm³/mol. The number of nitrogens with one attached hydrogen (secondary N) is 2. The Kier molecular flexibility index (Phi) is 4.64. The van der Waals surface area contributed by atoms with Crippen molar-refractivity contribution in [3.8, 4) is 5.88 Å². The van der Waals surface area contributed by atoms with E-state index in [0.29, 0.717) is 11.6 Å². The van der Waals surface area contributed by atoms with E-state index in [4.69, 9.17) is 4.74 Å². The summed E-state index contributed by atoms with van der Waals surface area (Å²) in [5, 5.41) is 5.70. The summed E-state index contributed by atoms with van der Waals surface area (Å²) in [5.74, 6) is 0.932. The molecule has 0 radical (unpaired) electrons. The number of ether oxygens (including phenoxy) is 1. The molecule has 2 aliphatic rings. The van der Waals surface area contributed by atoms with Crippen molar-refractivity contribution < 1.29 is 14.3 Å². The first-order valence-corrected chi connectivity index (χ1v) is 8.02. The van der Waals surface area contributed by atoms with Crippen LogP contribution < -0.4 is 15.4 Å². The van der Waals surface area contributed by atoms with E-state index in [0.717, 1.165) is 38.8 Å². The van der Waals surface area contributed by atoms with Gasteiger partial charge in [-0.05, 0) is 37.8 Å². The van der Waals surface area contributed by atoms with E-state index in [1.54, 1.807) is 18.3 Å². The number of nitrogens with zero attached hydrogens (tertiary/aromatic N) is 2. The molecule has 7 heteroatoms. The molecule has 2 fully saturated rings. The Morgan fingerprint density at radius 3 is 2.65 bits per heavy atom. The summed E-state index contributed by atoms with van der Waals surface area (Å²) in [7, 11) is 1.51. The summed E-state index contributed by atoms with van der Waals surface area (Å²) in [4.78, 5) is 30.1. The molecule has 1 saturated heterocycles. The van der Waals surface area contributed by atoms with E-state index >= 15 is 0 Å². The Morgan fingerprint density at radius 1 is 1.26 bits per heavy atom. The van der Waals surface area contributed by atoms with Crippen LogP contribution in [0.4, 0.5) is 10.5 Å². The van der Waals surface area contributed by atoms with Crippen molar-refractivity contribution >= 4 is 17.6 Å². The Balaban J connectivity index is 1.46. The van der Waals surface area contributed by atoms with E-state index in [2.05, 4.69) is 15.6 Å². The number of hydrogen-bond acceptors (Lipinski definition) is 4. The Bertz CT molecular complexity index is 580. The molecule has 1 aromatic rings. The molecule has 3 amide bonds. The van der Waals surface area contributed by atoms with E-state index in [1.165, 1.54) is 7.11 Å². The van der Waals surface area contributed by atoms with Crippen LogP contribution in [-0.2, 0) is 4.79 Å². The molecule has 0 unspecified atom stereocenters. The molecule has 0 atom stereocenters. The monoisotopic (exact) mass is 318 g/mol. The van der Waals surface area contributed by atoms with Gasteiger partial charge in [0.05, 0.1) is 7.11 Å². The highest BCUT2D eigenvalue weighted by Crippen LogP contribution is 2.31. The van der Waals surface area contributed by atoms with E-state index in [1.807, 2.05) is 4.90 Å². The van der Waals surface area contributed by atoms with Crippen molar-refractivity contribution in [2.75, 3.05) is 25.5 Å². The zero-order valence-electron chi connectivity index (χ0n) is 13.2. The maximum atomic E-state index is 12.1. The number of piperidine rings is 1. The average Bonchev–Trinajstić information content (AvgIpc) is 3.40. The number of rotatable bonds is 4. The third-order valence-electron chi connectivity index (χ3n) is 4.28. The van der Waals surface area contributed by atoms with Gasteiger partial charge in [0, 0.05) is 31.2 Å². The number of urea groups is 1. The van der Waals surface area contributed by atoms with Crippen molar-refractivity contribution in [1.82, 2.24) is 15.2 Å². The van der Waals surface area contributed by atoms with Crippen LogP contribution in [0, 0.1) is 5.92 Å². The maximum absolute atomic E-state index is 12.1. The Hall–Kier alpha value is -2.31. The molecule has 1 aliphatic heterocycles. The van der Waals surface area contributed by atoms with E-state index in [-0.39, 0.29) is 23.9 Å². The van der Waals surface area contributed by atoms with Crippen LogP contribution >= 0.6 is 0 Å². The van der Waals surface area contributed by atoms with E-state index < -0.39 is 0 Å². The molecule has 1 saturated carbocycles. The second kappa shape index (κ2) is 6.85. The van der Waals surface area contributed by atoms with Crippen LogP contribution in [0.3, 0.4) is 0 Å². The normalized spacial score (nSPS) is 18.4. The quantitative estimate of drug-likeness (QED) is 0.883. The van der Waals surface area contributed by atoms with Gasteiger partial charge in [0.2, 0.25) is 11.8 Å². The van der Waals surface area contributed by atoms with Gasteiger partial charge in [0.15, 0.2) is 0 Å². The lowest BCUT2D eigenvalue weighted by Crippen LogP contribution is -2.47. The number of aromatic nitrogens is 1. The summed E-state index contributed by atoms with van der Waals surface area (Å²) in [6.07, 6.45) is 5.25. The summed E-state index contributed by atoms with van der Waals surface area (Å²) in [6.45, 7) is 1.44. The fraction of sp³-hybridized carbons (Fsp3) is 0.562. The number of likely N-dealkylation sites (tertiary alicyclic amines) is 1. The smallest absolute Gasteiger partial charge is 0.319 e. The molecule has 3 rings (SSSR count). The lowest BCUT2D eigenvalue weighted by atomic mass is 10.0. The summed E-state index contributed by atoms with van der Waals surface area (Å²) < 4.78 is 5.11. The number of pyridine rings is 1. The number of carbonyl (C=O) groups is 2. The fourth-order valence-electron chi connectivity index (χ4n) is 2.83. The standard InChI is InChI=1S/C16H22N4O3/c1-23-14-13(3-2-8-17-14)19-16(22)18-12-6-9-20(10-7-12)15(21)11-4-5-11/h2-3,8,11-12H,4-7,9-10H2,1H3,(H2,18,19,22). The second-order valence-electron chi connectivity index (χ2n) is 6.03. The first-order chi connectivity index (χ1) is 11.2. The molecule has 7 nitrogen and oxygen atoms in total. The fourth-order valence-corrected chi connectivity index (χ4v) is 2.83. The van der Waals surface area contributed by atoms with Gasteiger partial charge in [-0.2, -0.15) is 0 Å². The largest absolute Gasteiger partial charge is 0.480 e. The third-order valence-corrected chi connectivity index (χ3v) is 4.28. The first kappa shape index (κ1) is 15.6. The van der Waals surface area contributed by atoms with Crippen molar-refractivity contribution in [2.24, 2.45) is 5.92 Å². The van der Waals surface area contributed by atoms with Gasteiger partial charge in [-0.25, -0.2) is 9.78 Å². The van der Waals surface area contributed by atoms with Crippen molar-refractivity contribution in [1.29, 1.82) is 0 Å². The third kappa shape index (κ3) is 3.91. The highest BCUT2D eigenvalue weighted by Gasteiger charge is 2.35. The summed E-state index contributed by atoms with van der Waals surface area (Å²) >= 11 is 0. The van der Waals surface area contributed by atoms with Gasteiger partial charge in [-0.15, -0.1) is 0 Å². The molecule has 0 spiro atoms. The highest BCUT2D eigenvalue weighted by molar-refractivity contribution is 5.90. The molecule has 1 aromatic heterocycles. The molecule has 23 heavy (non-hydrogen) atoms. The Labute approximate surface area is 135 Å². The molecular formula is C16H22N4O3. The van der Waals surface area contributed by atoms with Gasteiger partial charge in [-0.3, -0.25) is 4.79 Å². The Morgan fingerprint density at radius 2 is 2.00 bits per heavy atom. The van der Waals surface area contributed by atoms with Crippen LogP contribution in [0.15, 0.2) is 18.3 Å². The van der Waals surface area contributed by atoms with Gasteiger partial charge in [0.25, 0.3) is 0 Å². The number of methoxy groups -OCH3 is 1. The maximum Gasteiger partial charge on any atom is 0.319 e. The average molecular weight is 318 g/mol. The van der Waals surface area contributed by atoms with Gasteiger partial charge in [0.1, 0.15) is 5.69 Å². The number of carbonyl (C=O) groups excluding carboxylic acids is 2. The molecule has 124 valence electrons. The summed E-state index contributed by atoms with van der Waals surface area (Å²) in [5.41, 5.74) is 0.536. The lowest BCUT2D eigenvalue weighted by molar-refractivity contribution is -0.133. The molecule has 2 heterocycles. The topological polar surface area (TPSA) is 83.6 Å². The number of amides is 3. The van der Waals surface area contributed by atoms with Crippen molar-refractivity contribution in [3.05, 3.63) is 18.3 Å². The van der Waals surface area contributed by atoms with Crippen molar-refractivity contribution in [3.63, 3.8) is 0 Å². The minimum Gasteiger partial charge on any atom is -0.480 e. The van der Waals surface area contributed by atoms with Crippen LogP contribution in [0.5, 0.6) is 5.88 Å². The minimum atomic E-state index is -0.275. The van der Waals surface area contributed by atoms with Gasteiger partial charge < -0.3 is 20.3 Å². The lowest BCUT2D eigenvalue weighted by Gasteiger charge is -2.32. The predicted octanol–water partition coefficient (Wildman–Crippen LogP) is 1.61.